The Morgan fingerprint density at radius 1 is 1.29 bits per heavy atom. The van der Waals surface area contributed by atoms with E-state index in [0.717, 1.165) is 11.3 Å². The molecule has 2 rings (SSSR count). The van der Waals surface area contributed by atoms with Crippen molar-refractivity contribution in [1.82, 2.24) is 4.98 Å². The summed E-state index contributed by atoms with van der Waals surface area (Å²) in [5, 5.41) is 3.28. The Labute approximate surface area is 129 Å². The van der Waals surface area contributed by atoms with E-state index in [9.17, 15) is 4.79 Å². The molecule has 1 heterocycles. The Hall–Kier alpha value is -2.07. The standard InChI is InChI=1S/C16H18ClN3O/c1-10(12-3-5-13(18)6-4-12)9-16(21)20-14-7-8-15(17)19-11(14)2/h3-8,10H,9,18H2,1-2H3,(H,20,21). The largest absolute Gasteiger partial charge is 0.399 e. The quantitative estimate of drug-likeness (QED) is 0.667. The van der Waals surface area contributed by atoms with Crippen LogP contribution < -0.4 is 11.1 Å². The van der Waals surface area contributed by atoms with Crippen molar-refractivity contribution in [3.63, 3.8) is 0 Å². The van der Waals surface area contributed by atoms with Crippen LogP contribution in [0.5, 0.6) is 0 Å². The maximum absolute atomic E-state index is 12.1. The molecule has 4 nitrogen and oxygen atoms in total. The fraction of sp³-hybridized carbons (Fsp3) is 0.250. The van der Waals surface area contributed by atoms with Gasteiger partial charge in [0.15, 0.2) is 0 Å². The average molecular weight is 304 g/mol. The molecule has 0 aliphatic heterocycles. The highest BCUT2D eigenvalue weighted by Crippen LogP contribution is 2.22. The number of aryl methyl sites for hydroxylation is 1. The molecule has 1 aromatic heterocycles. The van der Waals surface area contributed by atoms with Gasteiger partial charge in [-0.3, -0.25) is 4.79 Å². The Kier molecular flexibility index (Phi) is 4.81. The number of carbonyl (C=O) groups is 1. The number of anilines is 2. The van der Waals surface area contributed by atoms with Crippen molar-refractivity contribution in [3.8, 4) is 0 Å². The van der Waals surface area contributed by atoms with Crippen LogP contribution in [-0.4, -0.2) is 10.9 Å². The lowest BCUT2D eigenvalue weighted by Gasteiger charge is -2.13. The number of nitrogen functional groups attached to an aromatic ring is 1. The van der Waals surface area contributed by atoms with Gasteiger partial charge in [0, 0.05) is 12.1 Å². The number of rotatable bonds is 4. The summed E-state index contributed by atoms with van der Waals surface area (Å²) in [6.07, 6.45) is 0.395. The zero-order valence-electron chi connectivity index (χ0n) is 12.1. The molecule has 0 aliphatic rings. The minimum absolute atomic E-state index is 0.0495. The molecule has 0 saturated carbocycles. The van der Waals surface area contributed by atoms with Crippen LogP contribution in [0.4, 0.5) is 11.4 Å². The number of amides is 1. The molecule has 110 valence electrons. The second-order valence-electron chi connectivity index (χ2n) is 5.09. The Balaban J connectivity index is 1.99. The van der Waals surface area contributed by atoms with Crippen LogP contribution in [0.1, 0.15) is 30.5 Å². The summed E-state index contributed by atoms with van der Waals surface area (Å²) >= 11 is 5.80. The SMILES string of the molecule is Cc1nc(Cl)ccc1NC(=O)CC(C)c1ccc(N)cc1. The number of carbonyl (C=O) groups excluding carboxylic acids is 1. The molecular weight excluding hydrogens is 286 g/mol. The molecule has 0 aliphatic carbocycles. The molecule has 0 saturated heterocycles. The molecule has 0 fully saturated rings. The number of nitrogens with one attached hydrogen (secondary N) is 1. The van der Waals surface area contributed by atoms with Crippen molar-refractivity contribution < 1.29 is 4.79 Å². The van der Waals surface area contributed by atoms with E-state index < -0.39 is 0 Å². The molecule has 1 aromatic carbocycles. The first-order valence-corrected chi connectivity index (χ1v) is 7.12. The summed E-state index contributed by atoms with van der Waals surface area (Å²) in [5.74, 6) is 0.0673. The van der Waals surface area contributed by atoms with Crippen molar-refractivity contribution in [2.24, 2.45) is 0 Å². The zero-order chi connectivity index (χ0) is 15.4. The lowest BCUT2D eigenvalue weighted by atomic mass is 9.97. The summed E-state index contributed by atoms with van der Waals surface area (Å²) in [6, 6.07) is 11.0. The third-order valence-corrected chi connectivity index (χ3v) is 3.53. The van der Waals surface area contributed by atoms with E-state index in [-0.39, 0.29) is 11.8 Å². The smallest absolute Gasteiger partial charge is 0.225 e. The monoisotopic (exact) mass is 303 g/mol. The average Bonchev–Trinajstić information content (AvgIpc) is 2.42. The highest BCUT2D eigenvalue weighted by molar-refractivity contribution is 6.29. The highest BCUT2D eigenvalue weighted by Gasteiger charge is 2.12. The van der Waals surface area contributed by atoms with Crippen LogP contribution in [0.15, 0.2) is 36.4 Å². The third-order valence-electron chi connectivity index (χ3n) is 3.32. The van der Waals surface area contributed by atoms with Gasteiger partial charge in [0.05, 0.1) is 11.4 Å². The molecule has 0 bridgehead atoms. The first-order valence-electron chi connectivity index (χ1n) is 6.74. The maximum atomic E-state index is 12.1. The Morgan fingerprint density at radius 2 is 1.95 bits per heavy atom. The molecule has 1 amide bonds. The van der Waals surface area contributed by atoms with Gasteiger partial charge in [0.1, 0.15) is 5.15 Å². The van der Waals surface area contributed by atoms with Gasteiger partial charge < -0.3 is 11.1 Å². The van der Waals surface area contributed by atoms with E-state index in [1.165, 1.54) is 0 Å². The number of nitrogens with two attached hydrogens (primary N) is 1. The number of pyridine rings is 1. The van der Waals surface area contributed by atoms with Gasteiger partial charge in [0.25, 0.3) is 0 Å². The van der Waals surface area contributed by atoms with Gasteiger partial charge in [-0.25, -0.2) is 4.98 Å². The van der Waals surface area contributed by atoms with Gasteiger partial charge in [-0.1, -0.05) is 30.7 Å². The van der Waals surface area contributed by atoms with Crippen molar-refractivity contribution in [1.29, 1.82) is 0 Å². The van der Waals surface area contributed by atoms with Gasteiger partial charge in [0.2, 0.25) is 5.91 Å². The van der Waals surface area contributed by atoms with Crippen LogP contribution in [-0.2, 0) is 4.79 Å². The minimum Gasteiger partial charge on any atom is -0.399 e. The van der Waals surface area contributed by atoms with Crippen LogP contribution in [0, 0.1) is 6.92 Å². The first kappa shape index (κ1) is 15.3. The van der Waals surface area contributed by atoms with Crippen molar-refractivity contribution in [2.45, 2.75) is 26.2 Å². The second kappa shape index (κ2) is 6.59. The normalized spacial score (nSPS) is 12.0. The summed E-state index contributed by atoms with van der Waals surface area (Å²) in [7, 11) is 0. The van der Waals surface area contributed by atoms with Gasteiger partial charge in [-0.05, 0) is 42.7 Å². The summed E-state index contributed by atoms with van der Waals surface area (Å²) < 4.78 is 0. The molecule has 1 atom stereocenters. The fourth-order valence-corrected chi connectivity index (χ4v) is 2.27. The van der Waals surface area contributed by atoms with Gasteiger partial charge in [-0.15, -0.1) is 0 Å². The van der Waals surface area contributed by atoms with E-state index in [4.69, 9.17) is 17.3 Å². The van der Waals surface area contributed by atoms with E-state index >= 15 is 0 Å². The van der Waals surface area contributed by atoms with Crippen LogP contribution in [0.2, 0.25) is 5.15 Å². The van der Waals surface area contributed by atoms with E-state index in [1.54, 1.807) is 12.1 Å². The zero-order valence-corrected chi connectivity index (χ0v) is 12.8. The van der Waals surface area contributed by atoms with Crippen LogP contribution in [0.3, 0.4) is 0 Å². The van der Waals surface area contributed by atoms with Crippen molar-refractivity contribution in [3.05, 3.63) is 52.8 Å². The molecule has 0 radical (unpaired) electrons. The molecule has 21 heavy (non-hydrogen) atoms. The minimum atomic E-state index is -0.0495. The van der Waals surface area contributed by atoms with Gasteiger partial charge >= 0.3 is 0 Å². The van der Waals surface area contributed by atoms with Gasteiger partial charge in [-0.2, -0.15) is 0 Å². The first-order chi connectivity index (χ1) is 9.95. The number of halogens is 1. The van der Waals surface area contributed by atoms with E-state index in [1.807, 2.05) is 38.1 Å². The summed E-state index contributed by atoms with van der Waals surface area (Å²) in [6.45, 7) is 3.82. The number of hydrogen-bond donors (Lipinski definition) is 2. The predicted octanol–water partition coefficient (Wildman–Crippen LogP) is 3.76. The Morgan fingerprint density at radius 3 is 2.57 bits per heavy atom. The maximum Gasteiger partial charge on any atom is 0.225 e. The number of aromatic nitrogens is 1. The number of benzene rings is 1. The molecule has 5 heteroatoms. The third kappa shape index (κ3) is 4.20. The number of nitrogens with zero attached hydrogens (tertiary/aromatic N) is 1. The molecule has 2 aromatic rings. The molecule has 1 unspecified atom stereocenters. The predicted molar refractivity (Wildman–Crippen MR) is 86.5 cm³/mol. The highest BCUT2D eigenvalue weighted by atomic mass is 35.5. The summed E-state index contributed by atoms with van der Waals surface area (Å²) in [5.41, 5.74) is 8.86. The van der Waals surface area contributed by atoms with Crippen molar-refractivity contribution >= 4 is 28.9 Å². The summed E-state index contributed by atoms with van der Waals surface area (Å²) in [4.78, 5) is 16.2. The Bertz CT molecular complexity index is 640. The molecular formula is C16H18ClN3O. The van der Waals surface area contributed by atoms with Crippen molar-refractivity contribution in [2.75, 3.05) is 11.1 Å². The number of hydrogen-bond acceptors (Lipinski definition) is 3. The van der Waals surface area contributed by atoms with E-state index in [2.05, 4.69) is 10.3 Å². The molecule has 0 spiro atoms. The lowest BCUT2D eigenvalue weighted by Crippen LogP contribution is -2.15. The second-order valence-corrected chi connectivity index (χ2v) is 5.47. The topological polar surface area (TPSA) is 68.0 Å². The van der Waals surface area contributed by atoms with Crippen LogP contribution in [0.25, 0.3) is 0 Å². The molecule has 3 N–H and O–H groups in total. The lowest BCUT2D eigenvalue weighted by molar-refractivity contribution is -0.116. The van der Waals surface area contributed by atoms with Crippen LogP contribution >= 0.6 is 11.6 Å². The fourth-order valence-electron chi connectivity index (χ4n) is 2.08. The van der Waals surface area contributed by atoms with E-state index in [0.29, 0.717) is 23.0 Å².